The molecule has 146 valence electrons. The first-order valence-electron chi connectivity index (χ1n) is 8.80. The summed E-state index contributed by atoms with van der Waals surface area (Å²) in [6.45, 7) is 4.49. The number of aryl methyl sites for hydroxylation is 1. The normalized spacial score (nSPS) is 11.1. The third-order valence-electron chi connectivity index (χ3n) is 4.10. The molecule has 1 aromatic carbocycles. The van der Waals surface area contributed by atoms with Crippen LogP contribution < -0.4 is 15.8 Å². The molecule has 1 amide bonds. The number of nitrogens with zero attached hydrogens (tertiary/aromatic N) is 3. The number of oxime groups is 1. The number of hydrogen-bond acceptors (Lipinski definition) is 7. The molecule has 9 heteroatoms. The first-order valence-corrected chi connectivity index (χ1v) is 8.80. The standard InChI is InChI=1S/C19H22N6O3/c1-4-7-21-18(26)16-11(2)25-15-6-5-12(8-13(15)16)28-19-14(9-24-27-3)17(20)22-10-23-19/h5-6,8-10,25H,4,7H2,1-3H3,(H,21,26)(H2,20,22,23). The van der Waals surface area contributed by atoms with Gasteiger partial charge in [-0.2, -0.15) is 0 Å². The van der Waals surface area contributed by atoms with E-state index in [1.807, 2.05) is 19.9 Å². The van der Waals surface area contributed by atoms with Gasteiger partial charge < -0.3 is 25.6 Å². The molecule has 0 fully saturated rings. The van der Waals surface area contributed by atoms with Crippen LogP contribution in [0.5, 0.6) is 11.6 Å². The van der Waals surface area contributed by atoms with Gasteiger partial charge in [-0.1, -0.05) is 12.1 Å². The number of carbonyl (C=O) groups excluding carboxylic acids is 1. The van der Waals surface area contributed by atoms with Crippen LogP contribution in [0.15, 0.2) is 29.7 Å². The van der Waals surface area contributed by atoms with Gasteiger partial charge in [-0.3, -0.25) is 4.79 Å². The number of H-pyrrole nitrogens is 1. The molecule has 9 nitrogen and oxygen atoms in total. The number of amides is 1. The lowest BCUT2D eigenvalue weighted by molar-refractivity contribution is 0.0954. The minimum absolute atomic E-state index is 0.123. The van der Waals surface area contributed by atoms with Crippen LogP contribution in [0.3, 0.4) is 0 Å². The topological polar surface area (TPSA) is 128 Å². The molecule has 0 bridgehead atoms. The molecule has 3 aromatic rings. The van der Waals surface area contributed by atoms with Crippen LogP contribution in [-0.4, -0.2) is 40.7 Å². The Kier molecular flexibility index (Phi) is 5.73. The van der Waals surface area contributed by atoms with Crippen molar-refractivity contribution in [3.8, 4) is 11.6 Å². The summed E-state index contributed by atoms with van der Waals surface area (Å²) in [5.74, 6) is 0.823. The minimum atomic E-state index is -0.123. The fourth-order valence-electron chi connectivity index (χ4n) is 2.80. The molecule has 28 heavy (non-hydrogen) atoms. The van der Waals surface area contributed by atoms with E-state index in [4.69, 9.17) is 15.3 Å². The lowest BCUT2D eigenvalue weighted by atomic mass is 10.1. The van der Waals surface area contributed by atoms with Crippen molar-refractivity contribution >= 4 is 28.8 Å². The maximum Gasteiger partial charge on any atom is 0.253 e. The molecule has 3 rings (SSSR count). The van der Waals surface area contributed by atoms with Crippen LogP contribution >= 0.6 is 0 Å². The summed E-state index contributed by atoms with van der Waals surface area (Å²) in [6.07, 6.45) is 3.55. The molecule has 2 aromatic heterocycles. The van der Waals surface area contributed by atoms with Gasteiger partial charge in [0, 0.05) is 23.1 Å². The number of nitrogens with one attached hydrogen (secondary N) is 2. The number of carbonyl (C=O) groups is 1. The molecule has 2 heterocycles. The Hall–Kier alpha value is -3.62. The number of aromatic nitrogens is 3. The number of nitrogen functional groups attached to an aromatic ring is 1. The predicted octanol–water partition coefficient (Wildman–Crippen LogP) is 2.76. The third-order valence-corrected chi connectivity index (χ3v) is 4.10. The quantitative estimate of drug-likeness (QED) is 0.426. The van der Waals surface area contributed by atoms with E-state index in [1.54, 1.807) is 12.1 Å². The number of rotatable bonds is 7. The fraction of sp³-hybridized carbons (Fsp3) is 0.263. The van der Waals surface area contributed by atoms with E-state index in [0.29, 0.717) is 23.4 Å². The van der Waals surface area contributed by atoms with Crippen LogP contribution in [0, 0.1) is 6.92 Å². The highest BCUT2D eigenvalue weighted by molar-refractivity contribution is 6.08. The summed E-state index contributed by atoms with van der Waals surface area (Å²) in [4.78, 5) is 28.5. The monoisotopic (exact) mass is 382 g/mol. The van der Waals surface area contributed by atoms with Crippen molar-refractivity contribution in [2.45, 2.75) is 20.3 Å². The summed E-state index contributed by atoms with van der Waals surface area (Å²) < 4.78 is 5.90. The van der Waals surface area contributed by atoms with E-state index in [2.05, 4.69) is 25.4 Å². The zero-order valence-corrected chi connectivity index (χ0v) is 15.9. The minimum Gasteiger partial charge on any atom is -0.438 e. The van der Waals surface area contributed by atoms with E-state index in [9.17, 15) is 4.79 Å². The molecule has 0 aliphatic rings. The van der Waals surface area contributed by atoms with Crippen molar-refractivity contribution in [3.63, 3.8) is 0 Å². The van der Waals surface area contributed by atoms with Crippen LogP contribution in [-0.2, 0) is 4.84 Å². The summed E-state index contributed by atoms with van der Waals surface area (Å²) in [7, 11) is 1.42. The maximum absolute atomic E-state index is 12.5. The highest BCUT2D eigenvalue weighted by Crippen LogP contribution is 2.30. The van der Waals surface area contributed by atoms with Gasteiger partial charge in [0.05, 0.1) is 11.8 Å². The van der Waals surface area contributed by atoms with Crippen LogP contribution in [0.4, 0.5) is 5.82 Å². The molecule has 0 aliphatic heterocycles. The van der Waals surface area contributed by atoms with Gasteiger partial charge in [0.1, 0.15) is 30.6 Å². The number of ether oxygens (including phenoxy) is 1. The zero-order chi connectivity index (χ0) is 20.1. The Labute approximate surface area is 162 Å². The van der Waals surface area contributed by atoms with E-state index < -0.39 is 0 Å². The Morgan fingerprint density at radius 1 is 1.39 bits per heavy atom. The lowest BCUT2D eigenvalue weighted by Gasteiger charge is -2.09. The second-order valence-electron chi connectivity index (χ2n) is 6.09. The Balaban J connectivity index is 1.99. The van der Waals surface area contributed by atoms with Gasteiger partial charge in [0.25, 0.3) is 5.91 Å². The number of fused-ring (bicyclic) bond motifs is 1. The Morgan fingerprint density at radius 3 is 2.96 bits per heavy atom. The Bertz CT molecular complexity index is 1030. The first-order chi connectivity index (χ1) is 13.5. The number of nitrogens with two attached hydrogens (primary N) is 1. The van der Waals surface area contributed by atoms with Crippen molar-refractivity contribution in [1.29, 1.82) is 0 Å². The summed E-state index contributed by atoms with van der Waals surface area (Å²) >= 11 is 0. The third kappa shape index (κ3) is 3.88. The number of aromatic amines is 1. The molecular formula is C19H22N6O3. The predicted molar refractivity (Wildman–Crippen MR) is 107 cm³/mol. The lowest BCUT2D eigenvalue weighted by Crippen LogP contribution is -2.24. The van der Waals surface area contributed by atoms with Gasteiger partial charge in [-0.25, -0.2) is 9.97 Å². The average molecular weight is 382 g/mol. The molecule has 4 N–H and O–H groups in total. The average Bonchev–Trinajstić information content (AvgIpc) is 3.01. The Morgan fingerprint density at radius 2 is 2.21 bits per heavy atom. The molecular weight excluding hydrogens is 360 g/mol. The summed E-state index contributed by atoms with van der Waals surface area (Å²) in [6, 6.07) is 5.42. The smallest absolute Gasteiger partial charge is 0.253 e. The maximum atomic E-state index is 12.5. The number of hydrogen-bond donors (Lipinski definition) is 3. The van der Waals surface area contributed by atoms with E-state index in [1.165, 1.54) is 19.7 Å². The highest BCUT2D eigenvalue weighted by Gasteiger charge is 2.17. The molecule has 0 saturated carbocycles. The molecule has 0 unspecified atom stereocenters. The zero-order valence-electron chi connectivity index (χ0n) is 15.9. The SMILES string of the molecule is CCCNC(=O)c1c(C)[nH]c2ccc(Oc3ncnc(N)c3C=NOC)cc12. The van der Waals surface area contributed by atoms with Gasteiger partial charge in [-0.05, 0) is 31.5 Å². The van der Waals surface area contributed by atoms with Crippen molar-refractivity contribution in [1.82, 2.24) is 20.3 Å². The van der Waals surface area contributed by atoms with Crippen molar-refractivity contribution in [2.75, 3.05) is 19.4 Å². The second kappa shape index (κ2) is 8.38. The number of anilines is 1. The van der Waals surface area contributed by atoms with E-state index in [0.717, 1.165) is 23.0 Å². The van der Waals surface area contributed by atoms with Crippen LogP contribution in [0.1, 0.15) is 35.0 Å². The molecule has 0 atom stereocenters. The highest BCUT2D eigenvalue weighted by atomic mass is 16.6. The number of benzene rings is 1. The van der Waals surface area contributed by atoms with Crippen molar-refractivity contribution < 1.29 is 14.4 Å². The van der Waals surface area contributed by atoms with Crippen LogP contribution in [0.2, 0.25) is 0 Å². The van der Waals surface area contributed by atoms with Gasteiger partial charge in [0.2, 0.25) is 5.88 Å². The van der Waals surface area contributed by atoms with Gasteiger partial charge in [-0.15, -0.1) is 0 Å². The van der Waals surface area contributed by atoms with Crippen LogP contribution in [0.25, 0.3) is 10.9 Å². The van der Waals surface area contributed by atoms with Gasteiger partial charge >= 0.3 is 0 Å². The van der Waals surface area contributed by atoms with Crippen molar-refractivity contribution in [2.24, 2.45) is 5.16 Å². The molecule has 0 aliphatic carbocycles. The summed E-state index contributed by atoms with van der Waals surface area (Å²) in [5.41, 5.74) is 8.51. The van der Waals surface area contributed by atoms with E-state index in [-0.39, 0.29) is 17.6 Å². The summed E-state index contributed by atoms with van der Waals surface area (Å²) in [5, 5.41) is 7.37. The first kappa shape index (κ1) is 19.2. The molecule has 0 radical (unpaired) electrons. The van der Waals surface area contributed by atoms with Gasteiger partial charge in [0.15, 0.2) is 0 Å². The molecule has 0 saturated heterocycles. The van der Waals surface area contributed by atoms with Crippen molar-refractivity contribution in [3.05, 3.63) is 41.3 Å². The largest absolute Gasteiger partial charge is 0.438 e. The molecule has 0 spiro atoms. The fourth-order valence-corrected chi connectivity index (χ4v) is 2.80. The van der Waals surface area contributed by atoms with E-state index >= 15 is 0 Å². The second-order valence-corrected chi connectivity index (χ2v) is 6.09.